The van der Waals surface area contributed by atoms with Gasteiger partial charge >= 0.3 is 0 Å². The second-order valence-electron chi connectivity index (χ2n) is 12.2. The third-order valence-corrected chi connectivity index (χ3v) is 9.51. The van der Waals surface area contributed by atoms with E-state index >= 15 is 0 Å². The highest BCUT2D eigenvalue weighted by molar-refractivity contribution is 6.12. The van der Waals surface area contributed by atoms with Crippen molar-refractivity contribution in [1.82, 2.24) is 9.13 Å². The highest BCUT2D eigenvalue weighted by Gasteiger charge is 2.17. The zero-order valence-electron chi connectivity index (χ0n) is 25.5. The maximum absolute atomic E-state index is 6.24. The highest BCUT2D eigenvalue weighted by Crippen LogP contribution is 2.39. The number of aromatic nitrogens is 2. The van der Waals surface area contributed by atoms with Crippen molar-refractivity contribution in [2.45, 2.75) is 0 Å². The lowest BCUT2D eigenvalue weighted by Crippen LogP contribution is -1.93. The molecule has 10 aromatic rings. The second-order valence-corrected chi connectivity index (χ2v) is 12.2. The third kappa shape index (κ3) is 4.00. The van der Waals surface area contributed by atoms with Gasteiger partial charge in [-0.1, -0.05) is 97.1 Å². The van der Waals surface area contributed by atoms with Crippen LogP contribution < -0.4 is 0 Å². The van der Waals surface area contributed by atoms with Crippen LogP contribution >= 0.6 is 0 Å². The molecule has 0 aliphatic carbocycles. The van der Waals surface area contributed by atoms with E-state index in [2.05, 4.69) is 161 Å². The van der Waals surface area contributed by atoms with Crippen LogP contribution in [0.4, 0.5) is 0 Å². The van der Waals surface area contributed by atoms with Gasteiger partial charge in [-0.25, -0.2) is 0 Å². The standard InChI is InChI=1S/C44H28N2O/c1-3-11-29(12-4-1)44-28-32-25-34(21-24-43(32)47-44)46-40-18-10-8-16-36(40)38-27-31(20-23-42(38)46)30-19-22-41-37(26-30)35-15-7-9-17-39(35)45(41)33-13-5-2-6-14-33/h1-28H. The summed E-state index contributed by atoms with van der Waals surface area (Å²) in [6.07, 6.45) is 0. The molecule has 3 heterocycles. The maximum Gasteiger partial charge on any atom is 0.135 e. The summed E-state index contributed by atoms with van der Waals surface area (Å²) in [7, 11) is 0. The van der Waals surface area contributed by atoms with E-state index < -0.39 is 0 Å². The van der Waals surface area contributed by atoms with Crippen LogP contribution in [0.5, 0.6) is 0 Å². The molecule has 0 bridgehead atoms. The number of nitrogens with zero attached hydrogens (tertiary/aromatic N) is 2. The first-order valence-corrected chi connectivity index (χ1v) is 16.0. The van der Waals surface area contributed by atoms with Gasteiger partial charge in [-0.2, -0.15) is 0 Å². The minimum Gasteiger partial charge on any atom is -0.456 e. The fraction of sp³-hybridized carbons (Fsp3) is 0. The molecule has 10 rings (SSSR count). The molecule has 0 N–H and O–H groups in total. The van der Waals surface area contributed by atoms with Gasteiger partial charge in [-0.3, -0.25) is 0 Å². The summed E-state index contributed by atoms with van der Waals surface area (Å²) < 4.78 is 11.0. The molecule has 0 radical (unpaired) electrons. The van der Waals surface area contributed by atoms with Crippen LogP contribution in [0.3, 0.4) is 0 Å². The van der Waals surface area contributed by atoms with Crippen molar-refractivity contribution >= 4 is 54.6 Å². The summed E-state index contributed by atoms with van der Waals surface area (Å²) in [5.41, 5.74) is 11.5. The van der Waals surface area contributed by atoms with E-state index in [0.29, 0.717) is 0 Å². The molecule has 7 aromatic carbocycles. The number of hydrogen-bond donors (Lipinski definition) is 0. The topological polar surface area (TPSA) is 23.0 Å². The Morgan fingerprint density at radius 2 is 0.872 bits per heavy atom. The average Bonchev–Trinajstić information content (AvgIpc) is 3.82. The molecule has 3 heteroatoms. The smallest absolute Gasteiger partial charge is 0.135 e. The SMILES string of the molecule is c1ccc(-c2cc3cc(-n4c5ccccc5c5cc(-c6ccc7c(c6)c6ccccc6n7-c6ccccc6)ccc54)ccc3o2)cc1. The van der Waals surface area contributed by atoms with Gasteiger partial charge in [0.25, 0.3) is 0 Å². The van der Waals surface area contributed by atoms with Crippen molar-refractivity contribution in [2.75, 3.05) is 0 Å². The highest BCUT2D eigenvalue weighted by atomic mass is 16.3. The minimum atomic E-state index is 0.883. The molecule has 0 aliphatic rings. The van der Waals surface area contributed by atoms with Crippen molar-refractivity contribution in [1.29, 1.82) is 0 Å². The summed E-state index contributed by atoms with van der Waals surface area (Å²) in [6.45, 7) is 0. The van der Waals surface area contributed by atoms with Crippen molar-refractivity contribution in [2.24, 2.45) is 0 Å². The first-order chi connectivity index (χ1) is 23.3. The van der Waals surface area contributed by atoms with E-state index in [-0.39, 0.29) is 0 Å². The number of hydrogen-bond acceptors (Lipinski definition) is 1. The van der Waals surface area contributed by atoms with Crippen molar-refractivity contribution in [3.05, 3.63) is 170 Å². The normalized spacial score (nSPS) is 11.8. The summed E-state index contributed by atoms with van der Waals surface area (Å²) >= 11 is 0. The molecule has 0 unspecified atom stereocenters. The average molecular weight is 601 g/mol. The molecule has 3 aromatic heterocycles. The van der Waals surface area contributed by atoms with Crippen molar-refractivity contribution in [3.63, 3.8) is 0 Å². The first kappa shape index (κ1) is 26.0. The molecule has 0 atom stereocenters. The van der Waals surface area contributed by atoms with Gasteiger partial charge < -0.3 is 13.6 Å². The van der Waals surface area contributed by atoms with Crippen molar-refractivity contribution in [3.8, 4) is 33.8 Å². The van der Waals surface area contributed by atoms with Gasteiger partial charge in [0.2, 0.25) is 0 Å². The summed E-state index contributed by atoms with van der Waals surface area (Å²) in [4.78, 5) is 0. The van der Waals surface area contributed by atoms with Crippen LogP contribution in [0.1, 0.15) is 0 Å². The lowest BCUT2D eigenvalue weighted by atomic mass is 10.0. The zero-order valence-corrected chi connectivity index (χ0v) is 25.5. The fourth-order valence-corrected chi connectivity index (χ4v) is 7.35. The van der Waals surface area contributed by atoms with Crippen LogP contribution in [0.15, 0.2) is 174 Å². The number of furan rings is 1. The molecule has 47 heavy (non-hydrogen) atoms. The Hall–Kier alpha value is -6.32. The third-order valence-electron chi connectivity index (χ3n) is 9.51. The Labute approximate surface area is 271 Å². The Morgan fingerprint density at radius 3 is 1.51 bits per heavy atom. The van der Waals surface area contributed by atoms with E-state index in [1.54, 1.807) is 0 Å². The Bertz CT molecular complexity index is 2780. The zero-order chi connectivity index (χ0) is 30.9. The fourth-order valence-electron chi connectivity index (χ4n) is 7.35. The molecule has 220 valence electrons. The molecule has 0 saturated carbocycles. The number of rotatable bonds is 4. The molecule has 0 saturated heterocycles. The van der Waals surface area contributed by atoms with Gasteiger partial charge in [0.1, 0.15) is 11.3 Å². The summed E-state index contributed by atoms with van der Waals surface area (Å²) in [5.74, 6) is 0.883. The van der Waals surface area contributed by atoms with Gasteiger partial charge in [-0.15, -0.1) is 0 Å². The van der Waals surface area contributed by atoms with Crippen LogP contribution in [0.25, 0.3) is 88.4 Å². The van der Waals surface area contributed by atoms with Gasteiger partial charge in [-0.05, 0) is 83.9 Å². The van der Waals surface area contributed by atoms with Gasteiger partial charge in [0, 0.05) is 43.9 Å². The Balaban J connectivity index is 1.13. The lowest BCUT2D eigenvalue weighted by molar-refractivity contribution is 0.631. The Morgan fingerprint density at radius 1 is 0.340 bits per heavy atom. The molecular formula is C44H28N2O. The molecule has 0 spiro atoms. The minimum absolute atomic E-state index is 0.883. The summed E-state index contributed by atoms with van der Waals surface area (Å²) in [6, 6.07) is 60.7. The van der Waals surface area contributed by atoms with Crippen LogP contribution in [0.2, 0.25) is 0 Å². The van der Waals surface area contributed by atoms with E-state index in [1.807, 2.05) is 18.2 Å². The van der Waals surface area contributed by atoms with Gasteiger partial charge in [0.05, 0.1) is 22.1 Å². The molecule has 0 aliphatic heterocycles. The second kappa shape index (κ2) is 10.1. The van der Waals surface area contributed by atoms with Crippen LogP contribution in [0, 0.1) is 0 Å². The number of fused-ring (bicyclic) bond motifs is 7. The summed E-state index contributed by atoms with van der Waals surface area (Å²) in [5, 5.41) is 6.08. The van der Waals surface area contributed by atoms with Gasteiger partial charge in [0.15, 0.2) is 0 Å². The van der Waals surface area contributed by atoms with Crippen LogP contribution in [-0.2, 0) is 0 Å². The molecular weight excluding hydrogens is 572 g/mol. The van der Waals surface area contributed by atoms with Crippen LogP contribution in [-0.4, -0.2) is 9.13 Å². The Kier molecular flexibility index (Phi) is 5.57. The molecule has 0 fully saturated rings. The maximum atomic E-state index is 6.24. The monoisotopic (exact) mass is 600 g/mol. The number of para-hydroxylation sites is 3. The quantitative estimate of drug-likeness (QED) is 0.197. The largest absolute Gasteiger partial charge is 0.456 e. The van der Waals surface area contributed by atoms with Crippen molar-refractivity contribution < 1.29 is 4.42 Å². The first-order valence-electron chi connectivity index (χ1n) is 16.0. The van der Waals surface area contributed by atoms with E-state index in [4.69, 9.17) is 4.42 Å². The van der Waals surface area contributed by atoms with E-state index in [1.165, 1.54) is 60.4 Å². The predicted molar refractivity (Wildman–Crippen MR) is 196 cm³/mol. The predicted octanol–water partition coefficient (Wildman–Crippen LogP) is 12.0. The molecule has 0 amide bonds. The van der Waals surface area contributed by atoms with E-state index in [9.17, 15) is 0 Å². The van der Waals surface area contributed by atoms with E-state index in [0.717, 1.165) is 28.0 Å². The lowest BCUT2D eigenvalue weighted by Gasteiger charge is -2.09. The number of benzene rings is 7. The molecule has 3 nitrogen and oxygen atoms in total.